The average Bonchev–Trinajstić information content (AvgIpc) is 2.82. The van der Waals surface area contributed by atoms with Crippen LogP contribution >= 0.6 is 0 Å². The Labute approximate surface area is 101 Å². The molecule has 2 rings (SSSR count). The van der Waals surface area contributed by atoms with Gasteiger partial charge in [0.05, 0.1) is 16.9 Å². The predicted octanol–water partition coefficient (Wildman–Crippen LogP) is 3.13. The minimum atomic E-state index is -3.13. The van der Waals surface area contributed by atoms with Crippen LogP contribution in [0.25, 0.3) is 11.3 Å². The normalized spacial score (nSPS) is 11.6. The predicted molar refractivity (Wildman–Crippen MR) is 66.5 cm³/mol. The molecule has 0 unspecified atom stereocenters. The lowest BCUT2D eigenvalue weighted by molar-refractivity contribution is 0.582. The molecule has 0 spiro atoms. The lowest BCUT2D eigenvalue weighted by Gasteiger charge is -2.03. The van der Waals surface area contributed by atoms with Crippen molar-refractivity contribution in [2.75, 3.05) is 5.75 Å². The van der Waals surface area contributed by atoms with Crippen LogP contribution in [0.15, 0.2) is 52.0 Å². The van der Waals surface area contributed by atoms with Crippen molar-refractivity contribution < 1.29 is 12.8 Å². The zero-order chi connectivity index (χ0) is 12.3. The SMILES string of the molecule is CCCS(=O)(=O)c1ccc(-c2ccco2)cc1. The summed E-state index contributed by atoms with van der Waals surface area (Å²) in [6.45, 7) is 1.86. The maximum absolute atomic E-state index is 11.8. The molecule has 0 aliphatic carbocycles. The monoisotopic (exact) mass is 250 g/mol. The number of hydrogen-bond acceptors (Lipinski definition) is 3. The van der Waals surface area contributed by atoms with Gasteiger partial charge in [-0.1, -0.05) is 6.92 Å². The molecule has 3 nitrogen and oxygen atoms in total. The van der Waals surface area contributed by atoms with Gasteiger partial charge in [-0.25, -0.2) is 8.42 Å². The zero-order valence-corrected chi connectivity index (χ0v) is 10.4. The van der Waals surface area contributed by atoms with E-state index in [2.05, 4.69) is 0 Å². The molecule has 1 aromatic carbocycles. The molecular weight excluding hydrogens is 236 g/mol. The number of sulfone groups is 1. The van der Waals surface area contributed by atoms with Crippen LogP contribution in [0, 0.1) is 0 Å². The van der Waals surface area contributed by atoms with Gasteiger partial charge < -0.3 is 4.42 Å². The molecule has 2 aromatic rings. The second kappa shape index (κ2) is 4.75. The number of furan rings is 1. The standard InChI is InChI=1S/C13H14O3S/c1-2-10-17(14,15)12-7-5-11(6-8-12)13-4-3-9-16-13/h3-9H,2,10H2,1H3. The summed E-state index contributed by atoms with van der Waals surface area (Å²) in [6, 6.07) is 10.4. The van der Waals surface area contributed by atoms with Crippen LogP contribution in [-0.2, 0) is 9.84 Å². The number of rotatable bonds is 4. The van der Waals surface area contributed by atoms with Crippen molar-refractivity contribution in [3.05, 3.63) is 42.7 Å². The van der Waals surface area contributed by atoms with Crippen LogP contribution in [0.4, 0.5) is 0 Å². The Kier molecular flexibility index (Phi) is 3.33. The van der Waals surface area contributed by atoms with E-state index in [0.29, 0.717) is 11.3 Å². The van der Waals surface area contributed by atoms with Crippen LogP contribution < -0.4 is 0 Å². The minimum absolute atomic E-state index is 0.188. The van der Waals surface area contributed by atoms with Crippen LogP contribution in [0.2, 0.25) is 0 Å². The molecule has 0 amide bonds. The van der Waals surface area contributed by atoms with Gasteiger partial charge in [0.2, 0.25) is 0 Å². The van der Waals surface area contributed by atoms with Crippen molar-refractivity contribution in [3.8, 4) is 11.3 Å². The van der Waals surface area contributed by atoms with Gasteiger partial charge in [0.25, 0.3) is 0 Å². The third-order valence-electron chi connectivity index (χ3n) is 2.49. The zero-order valence-electron chi connectivity index (χ0n) is 9.59. The highest BCUT2D eigenvalue weighted by molar-refractivity contribution is 7.91. The van der Waals surface area contributed by atoms with Gasteiger partial charge in [-0.05, 0) is 42.8 Å². The number of benzene rings is 1. The highest BCUT2D eigenvalue weighted by atomic mass is 32.2. The second-order valence-corrected chi connectivity index (χ2v) is 5.93. The van der Waals surface area contributed by atoms with Gasteiger partial charge in [0.1, 0.15) is 5.76 Å². The summed E-state index contributed by atoms with van der Waals surface area (Å²) in [4.78, 5) is 0.370. The summed E-state index contributed by atoms with van der Waals surface area (Å²) in [5.74, 6) is 0.928. The van der Waals surface area contributed by atoms with Gasteiger partial charge in [-0.3, -0.25) is 0 Å². The molecule has 0 fully saturated rings. The van der Waals surface area contributed by atoms with Gasteiger partial charge in [0, 0.05) is 5.56 Å². The molecule has 0 aliphatic rings. The largest absolute Gasteiger partial charge is 0.464 e. The molecule has 0 saturated heterocycles. The van der Waals surface area contributed by atoms with E-state index in [-0.39, 0.29) is 5.75 Å². The Balaban J connectivity index is 2.31. The van der Waals surface area contributed by atoms with Crippen molar-refractivity contribution in [2.24, 2.45) is 0 Å². The Hall–Kier alpha value is -1.55. The Bertz CT molecular complexity index is 566. The summed E-state index contributed by atoms with van der Waals surface area (Å²) in [6.07, 6.45) is 2.22. The molecule has 4 heteroatoms. The van der Waals surface area contributed by atoms with E-state index >= 15 is 0 Å². The fourth-order valence-corrected chi connectivity index (χ4v) is 2.98. The summed E-state index contributed by atoms with van der Waals surface area (Å²) in [5, 5.41) is 0. The first-order chi connectivity index (χ1) is 8.13. The van der Waals surface area contributed by atoms with E-state index < -0.39 is 9.84 Å². The third-order valence-corrected chi connectivity index (χ3v) is 4.43. The fraction of sp³-hybridized carbons (Fsp3) is 0.231. The topological polar surface area (TPSA) is 47.3 Å². The van der Waals surface area contributed by atoms with Crippen LogP contribution in [0.3, 0.4) is 0 Å². The van der Waals surface area contributed by atoms with Gasteiger partial charge >= 0.3 is 0 Å². The molecule has 0 bridgehead atoms. The minimum Gasteiger partial charge on any atom is -0.464 e. The van der Waals surface area contributed by atoms with E-state index in [1.54, 1.807) is 36.6 Å². The lowest BCUT2D eigenvalue weighted by Crippen LogP contribution is -2.05. The van der Waals surface area contributed by atoms with E-state index in [0.717, 1.165) is 11.3 Å². The van der Waals surface area contributed by atoms with E-state index in [1.165, 1.54) is 0 Å². The Morgan fingerprint density at radius 3 is 2.35 bits per heavy atom. The van der Waals surface area contributed by atoms with Crippen molar-refractivity contribution in [3.63, 3.8) is 0 Å². The second-order valence-electron chi connectivity index (χ2n) is 3.82. The molecule has 90 valence electrons. The van der Waals surface area contributed by atoms with Crippen molar-refractivity contribution in [1.82, 2.24) is 0 Å². The molecule has 0 N–H and O–H groups in total. The van der Waals surface area contributed by atoms with E-state index in [9.17, 15) is 8.42 Å². The average molecular weight is 250 g/mol. The maximum atomic E-state index is 11.8. The Morgan fingerprint density at radius 2 is 1.82 bits per heavy atom. The summed E-state index contributed by atoms with van der Waals surface area (Å²) < 4.78 is 28.9. The molecule has 0 saturated carbocycles. The number of hydrogen-bond donors (Lipinski definition) is 0. The van der Waals surface area contributed by atoms with Crippen molar-refractivity contribution >= 4 is 9.84 Å². The lowest BCUT2D eigenvalue weighted by atomic mass is 10.2. The molecule has 1 aromatic heterocycles. The quantitative estimate of drug-likeness (QED) is 0.837. The summed E-state index contributed by atoms with van der Waals surface area (Å²) in [5.41, 5.74) is 0.880. The molecular formula is C13H14O3S. The van der Waals surface area contributed by atoms with Crippen molar-refractivity contribution in [2.45, 2.75) is 18.2 Å². The molecule has 0 atom stereocenters. The molecule has 17 heavy (non-hydrogen) atoms. The first kappa shape index (κ1) is 11.9. The summed E-state index contributed by atoms with van der Waals surface area (Å²) in [7, 11) is -3.13. The van der Waals surface area contributed by atoms with Gasteiger partial charge in [-0.2, -0.15) is 0 Å². The first-order valence-electron chi connectivity index (χ1n) is 5.50. The van der Waals surface area contributed by atoms with Gasteiger partial charge in [0.15, 0.2) is 9.84 Å². The van der Waals surface area contributed by atoms with Crippen LogP contribution in [-0.4, -0.2) is 14.2 Å². The first-order valence-corrected chi connectivity index (χ1v) is 7.15. The van der Waals surface area contributed by atoms with Gasteiger partial charge in [-0.15, -0.1) is 0 Å². The molecule has 0 aliphatic heterocycles. The van der Waals surface area contributed by atoms with Crippen molar-refractivity contribution in [1.29, 1.82) is 0 Å². The summed E-state index contributed by atoms with van der Waals surface area (Å²) >= 11 is 0. The van der Waals surface area contributed by atoms with Crippen LogP contribution in [0.1, 0.15) is 13.3 Å². The molecule has 1 heterocycles. The molecule has 0 radical (unpaired) electrons. The highest BCUT2D eigenvalue weighted by Crippen LogP contribution is 2.22. The third kappa shape index (κ3) is 2.58. The van der Waals surface area contributed by atoms with E-state index in [4.69, 9.17) is 4.42 Å². The van der Waals surface area contributed by atoms with E-state index in [1.807, 2.05) is 13.0 Å². The maximum Gasteiger partial charge on any atom is 0.178 e. The highest BCUT2D eigenvalue weighted by Gasteiger charge is 2.12. The smallest absolute Gasteiger partial charge is 0.178 e. The Morgan fingerprint density at radius 1 is 1.12 bits per heavy atom. The fourth-order valence-electron chi connectivity index (χ4n) is 1.66. The van der Waals surface area contributed by atoms with Crippen LogP contribution in [0.5, 0.6) is 0 Å².